The maximum Gasteiger partial charge on any atom is 0.295 e. The van der Waals surface area contributed by atoms with Crippen LogP contribution in [-0.4, -0.2) is 38.7 Å². The van der Waals surface area contributed by atoms with Gasteiger partial charge in [0.15, 0.2) is 21.3 Å². The van der Waals surface area contributed by atoms with Gasteiger partial charge in [-0.2, -0.15) is 10.2 Å². The van der Waals surface area contributed by atoms with Gasteiger partial charge in [0.2, 0.25) is 5.28 Å². The van der Waals surface area contributed by atoms with Crippen molar-refractivity contribution in [3.8, 4) is 6.07 Å². The van der Waals surface area contributed by atoms with Crippen molar-refractivity contribution in [3.05, 3.63) is 45.9 Å². The number of hydrogen-bond donors (Lipinski definition) is 1. The summed E-state index contributed by atoms with van der Waals surface area (Å²) >= 11 is 5.96. The van der Waals surface area contributed by atoms with Crippen molar-refractivity contribution < 1.29 is 8.42 Å². The Bertz CT molecular complexity index is 1370. The van der Waals surface area contributed by atoms with Crippen LogP contribution in [0.3, 0.4) is 0 Å². The van der Waals surface area contributed by atoms with E-state index in [0.717, 1.165) is 6.42 Å². The lowest BCUT2D eigenvalue weighted by molar-refractivity contribution is 0.447. The summed E-state index contributed by atoms with van der Waals surface area (Å²) in [5.41, 5.74) is 0.790. The Labute approximate surface area is 189 Å². The Kier molecular flexibility index (Phi) is 6.08. The van der Waals surface area contributed by atoms with Crippen molar-refractivity contribution >= 4 is 38.4 Å². The predicted octanol–water partition coefficient (Wildman–Crippen LogP) is 2.51. The minimum atomic E-state index is -3.34. The summed E-state index contributed by atoms with van der Waals surface area (Å²) in [6, 6.07) is 5.02. The van der Waals surface area contributed by atoms with E-state index >= 15 is 0 Å². The van der Waals surface area contributed by atoms with Gasteiger partial charge in [-0.15, -0.1) is 0 Å². The van der Waals surface area contributed by atoms with Gasteiger partial charge < -0.3 is 5.32 Å². The lowest BCUT2D eigenvalue weighted by Gasteiger charge is -2.20. The van der Waals surface area contributed by atoms with Gasteiger partial charge in [-0.1, -0.05) is 6.92 Å². The number of nitrogens with zero attached hydrogens (tertiary/aromatic N) is 6. The molecule has 4 rings (SSSR count). The lowest BCUT2D eigenvalue weighted by Crippen LogP contribution is -2.31. The molecule has 1 fully saturated rings. The second-order valence-corrected chi connectivity index (χ2v) is 10.1. The first kappa shape index (κ1) is 22.1. The van der Waals surface area contributed by atoms with Crippen molar-refractivity contribution in [2.24, 2.45) is 5.92 Å². The number of anilines is 1. The van der Waals surface area contributed by atoms with E-state index in [4.69, 9.17) is 11.6 Å². The topological polar surface area (TPSA) is 144 Å². The molecule has 1 saturated carbocycles. The van der Waals surface area contributed by atoms with E-state index in [9.17, 15) is 18.5 Å². The van der Waals surface area contributed by atoms with Crippen molar-refractivity contribution in [2.75, 3.05) is 11.1 Å². The third-order valence-electron chi connectivity index (χ3n) is 5.55. The molecule has 0 spiro atoms. The smallest absolute Gasteiger partial charge is 0.295 e. The zero-order valence-electron chi connectivity index (χ0n) is 17.2. The van der Waals surface area contributed by atoms with Crippen LogP contribution in [0.2, 0.25) is 5.28 Å². The number of aromatic nitrogens is 5. The van der Waals surface area contributed by atoms with Crippen LogP contribution in [-0.2, 0) is 16.4 Å². The Balaban J connectivity index is 1.69. The van der Waals surface area contributed by atoms with Crippen LogP contribution in [0, 0.1) is 17.2 Å². The molecule has 1 N–H and O–H groups in total. The second kappa shape index (κ2) is 8.80. The number of fused-ring (bicyclic) bond motifs is 1. The van der Waals surface area contributed by atoms with E-state index in [0.29, 0.717) is 29.7 Å². The number of hydrogen-bond acceptors (Lipinski definition) is 9. The van der Waals surface area contributed by atoms with Crippen LogP contribution in [0.1, 0.15) is 37.9 Å². The number of pyridine rings is 1. The summed E-state index contributed by atoms with van der Waals surface area (Å²) in [6.07, 6.45) is 4.94. The zero-order valence-corrected chi connectivity index (χ0v) is 18.8. The Morgan fingerprint density at radius 1 is 1.25 bits per heavy atom. The minimum Gasteiger partial charge on any atom is -0.360 e. The van der Waals surface area contributed by atoms with E-state index in [1.165, 1.54) is 23.0 Å². The first-order chi connectivity index (χ1) is 15.3. The zero-order chi connectivity index (χ0) is 22.9. The minimum absolute atomic E-state index is 0.00835. The summed E-state index contributed by atoms with van der Waals surface area (Å²) in [4.78, 5) is 30.1. The first-order valence-corrected chi connectivity index (χ1v) is 12.1. The van der Waals surface area contributed by atoms with Gasteiger partial charge >= 0.3 is 0 Å². The van der Waals surface area contributed by atoms with E-state index in [1.807, 2.05) is 0 Å². The molecule has 0 aromatic carbocycles. The molecule has 3 heterocycles. The lowest BCUT2D eigenvalue weighted by atomic mass is 10.1. The van der Waals surface area contributed by atoms with Gasteiger partial charge in [0.05, 0.1) is 47.1 Å². The molecule has 10 nitrogen and oxygen atoms in total. The summed E-state index contributed by atoms with van der Waals surface area (Å²) in [6.45, 7) is 1.72. The van der Waals surface area contributed by atoms with Crippen molar-refractivity contribution in [2.45, 2.75) is 43.7 Å². The van der Waals surface area contributed by atoms with Gasteiger partial charge in [0.1, 0.15) is 5.52 Å². The average molecular weight is 474 g/mol. The highest BCUT2D eigenvalue weighted by Gasteiger charge is 2.32. The van der Waals surface area contributed by atoms with Crippen LogP contribution in [0.15, 0.2) is 34.2 Å². The van der Waals surface area contributed by atoms with Crippen molar-refractivity contribution in [1.82, 2.24) is 24.5 Å². The van der Waals surface area contributed by atoms with Crippen molar-refractivity contribution in [1.29, 1.82) is 5.26 Å². The fourth-order valence-corrected chi connectivity index (χ4v) is 4.79. The molecule has 0 unspecified atom stereocenters. The van der Waals surface area contributed by atoms with Crippen LogP contribution in [0.4, 0.5) is 5.82 Å². The summed E-state index contributed by atoms with van der Waals surface area (Å²) in [5.74, 6) is -0.252. The Morgan fingerprint density at radius 3 is 2.75 bits per heavy atom. The molecule has 12 heteroatoms. The highest BCUT2D eigenvalue weighted by molar-refractivity contribution is 7.91. The van der Waals surface area contributed by atoms with E-state index < -0.39 is 15.4 Å². The van der Waals surface area contributed by atoms with Gasteiger partial charge in [0, 0.05) is 6.20 Å². The Hall–Kier alpha value is -3.10. The monoisotopic (exact) mass is 473 g/mol. The molecule has 1 aliphatic carbocycles. The molecule has 32 heavy (non-hydrogen) atoms. The van der Waals surface area contributed by atoms with Crippen molar-refractivity contribution in [3.63, 3.8) is 0 Å². The predicted molar refractivity (Wildman–Crippen MR) is 118 cm³/mol. The second-order valence-electron chi connectivity index (χ2n) is 7.46. The molecule has 0 bridgehead atoms. The fraction of sp³-hybridized carbons (Fsp3) is 0.400. The molecule has 0 saturated heterocycles. The quantitative estimate of drug-likeness (QED) is 0.533. The van der Waals surface area contributed by atoms with Crippen LogP contribution in [0.25, 0.3) is 11.2 Å². The van der Waals surface area contributed by atoms with Crippen LogP contribution >= 0.6 is 11.6 Å². The molecule has 0 amide bonds. The fourth-order valence-electron chi connectivity index (χ4n) is 3.84. The van der Waals surface area contributed by atoms with Crippen LogP contribution < -0.4 is 10.9 Å². The number of rotatable bonds is 6. The molecule has 3 aromatic heterocycles. The molecular weight excluding hydrogens is 454 g/mol. The van der Waals surface area contributed by atoms with E-state index in [2.05, 4.69) is 31.3 Å². The van der Waals surface area contributed by atoms with Gasteiger partial charge in [0.25, 0.3) is 5.56 Å². The third-order valence-corrected chi connectivity index (χ3v) is 7.46. The van der Waals surface area contributed by atoms with E-state index in [-0.39, 0.29) is 40.3 Å². The maximum absolute atomic E-state index is 13.3. The highest BCUT2D eigenvalue weighted by Crippen LogP contribution is 2.35. The maximum atomic E-state index is 13.3. The largest absolute Gasteiger partial charge is 0.360 e. The summed E-state index contributed by atoms with van der Waals surface area (Å²) in [7, 11) is -3.34. The standard InChI is InChI=1S/C20H20ClN7O3S/c1-2-32(30,31)14-7-6-13(23-10-14)9-24-17-19(29)28(16-5-3-4-12(16)8-22)18-15(26-17)11-25-20(21)27-18/h6-7,10-12,16H,2-5,9H2,1H3,(H,24,26)/t12-,16-/m0/s1. The number of nitriles is 1. The van der Waals surface area contributed by atoms with E-state index in [1.54, 1.807) is 13.0 Å². The molecule has 3 aromatic rings. The molecule has 166 valence electrons. The van der Waals surface area contributed by atoms with Gasteiger partial charge in [-0.25, -0.2) is 18.4 Å². The molecule has 0 radical (unpaired) electrons. The highest BCUT2D eigenvalue weighted by atomic mass is 35.5. The normalized spacial score (nSPS) is 18.5. The van der Waals surface area contributed by atoms with Gasteiger partial charge in [-0.05, 0) is 43.0 Å². The van der Waals surface area contributed by atoms with Gasteiger partial charge in [-0.3, -0.25) is 14.3 Å². The first-order valence-electron chi connectivity index (χ1n) is 10.1. The molecule has 0 aliphatic heterocycles. The SMILES string of the molecule is CCS(=O)(=O)c1ccc(CNc2nc3cnc(Cl)nc3n([C@H]3CCC[C@H]3C#N)c2=O)nc1. The Morgan fingerprint density at radius 2 is 2.06 bits per heavy atom. The molecular formula is C20H20ClN7O3S. The summed E-state index contributed by atoms with van der Waals surface area (Å²) in [5, 5.41) is 12.5. The van der Waals surface area contributed by atoms with Crippen LogP contribution in [0.5, 0.6) is 0 Å². The third kappa shape index (κ3) is 4.16. The average Bonchev–Trinajstić information content (AvgIpc) is 3.26. The number of sulfone groups is 1. The summed E-state index contributed by atoms with van der Waals surface area (Å²) < 4.78 is 25.4. The molecule has 2 atom stereocenters. The molecule has 1 aliphatic rings. The number of halogens is 1. The number of nitrogens with one attached hydrogen (secondary N) is 1.